The highest BCUT2D eigenvalue weighted by molar-refractivity contribution is 5.84. The van der Waals surface area contributed by atoms with Crippen LogP contribution in [0.4, 0.5) is 0 Å². The highest BCUT2D eigenvalue weighted by atomic mass is 16.4. The van der Waals surface area contributed by atoms with Gasteiger partial charge in [0.2, 0.25) is 11.8 Å². The fraction of sp³-hybridized carbons (Fsp3) is 0.786. The van der Waals surface area contributed by atoms with Gasteiger partial charge >= 0.3 is 5.97 Å². The standard InChI is InChI=1S/C14H20N2O4/c1-8(17)16-4-2-9(3-5-16)12(18)15-11-7-14(13(19)20)6-10(11)14/h9-11H,2-7H2,1H3,(H,15,18)(H,19,20)/t10-,11+,14-/m0/s1. The second-order valence-electron chi connectivity index (χ2n) is 6.37. The van der Waals surface area contributed by atoms with Crippen molar-refractivity contribution in [2.24, 2.45) is 17.3 Å². The van der Waals surface area contributed by atoms with Gasteiger partial charge in [0.1, 0.15) is 0 Å². The normalized spacial score (nSPS) is 35.8. The molecule has 0 aromatic rings. The number of nitrogens with one attached hydrogen (secondary N) is 1. The molecule has 110 valence electrons. The number of rotatable bonds is 3. The van der Waals surface area contributed by atoms with Gasteiger partial charge in [-0.05, 0) is 31.6 Å². The molecule has 0 aromatic carbocycles. The van der Waals surface area contributed by atoms with Crippen LogP contribution >= 0.6 is 0 Å². The molecule has 3 fully saturated rings. The topological polar surface area (TPSA) is 86.7 Å². The molecule has 0 spiro atoms. The maximum atomic E-state index is 12.2. The molecule has 0 unspecified atom stereocenters. The Morgan fingerprint density at radius 3 is 2.30 bits per heavy atom. The molecule has 0 radical (unpaired) electrons. The van der Waals surface area contributed by atoms with Gasteiger partial charge in [-0.1, -0.05) is 0 Å². The number of nitrogens with zero attached hydrogens (tertiary/aromatic N) is 1. The molecule has 3 rings (SSSR count). The van der Waals surface area contributed by atoms with Gasteiger partial charge in [-0.3, -0.25) is 14.4 Å². The van der Waals surface area contributed by atoms with Gasteiger partial charge in [-0.25, -0.2) is 0 Å². The molecule has 3 aliphatic rings. The predicted molar refractivity (Wildman–Crippen MR) is 69.7 cm³/mol. The summed E-state index contributed by atoms with van der Waals surface area (Å²) in [5, 5.41) is 12.1. The van der Waals surface area contributed by atoms with Crippen LogP contribution in [0.25, 0.3) is 0 Å². The summed E-state index contributed by atoms with van der Waals surface area (Å²) < 4.78 is 0. The Labute approximate surface area is 117 Å². The third kappa shape index (κ3) is 1.98. The number of carbonyl (C=O) groups is 3. The largest absolute Gasteiger partial charge is 0.481 e. The molecule has 2 amide bonds. The lowest BCUT2D eigenvalue weighted by Gasteiger charge is -2.35. The van der Waals surface area contributed by atoms with Gasteiger partial charge in [-0.15, -0.1) is 0 Å². The number of fused-ring (bicyclic) bond motifs is 1. The molecular formula is C14H20N2O4. The van der Waals surface area contributed by atoms with E-state index >= 15 is 0 Å². The maximum absolute atomic E-state index is 12.2. The summed E-state index contributed by atoms with van der Waals surface area (Å²) in [7, 11) is 0. The first-order chi connectivity index (χ1) is 9.44. The zero-order chi connectivity index (χ0) is 14.5. The van der Waals surface area contributed by atoms with E-state index in [2.05, 4.69) is 5.32 Å². The van der Waals surface area contributed by atoms with Crippen LogP contribution < -0.4 is 5.32 Å². The van der Waals surface area contributed by atoms with Crippen molar-refractivity contribution in [2.75, 3.05) is 13.1 Å². The van der Waals surface area contributed by atoms with Crippen molar-refractivity contribution in [1.82, 2.24) is 10.2 Å². The first-order valence-corrected chi connectivity index (χ1v) is 7.23. The van der Waals surface area contributed by atoms with Gasteiger partial charge in [0.05, 0.1) is 5.41 Å². The highest BCUT2D eigenvalue weighted by Crippen LogP contribution is 2.67. The average molecular weight is 280 g/mol. The molecule has 2 N–H and O–H groups in total. The van der Waals surface area contributed by atoms with Gasteiger partial charge in [-0.2, -0.15) is 0 Å². The minimum atomic E-state index is -0.720. The van der Waals surface area contributed by atoms with Crippen LogP contribution in [0.1, 0.15) is 32.6 Å². The third-order valence-electron chi connectivity index (χ3n) is 5.27. The fourth-order valence-electron chi connectivity index (χ4n) is 3.71. The highest BCUT2D eigenvalue weighted by Gasteiger charge is 2.72. The van der Waals surface area contributed by atoms with Crippen molar-refractivity contribution in [3.05, 3.63) is 0 Å². The Hall–Kier alpha value is -1.59. The predicted octanol–water partition coefficient (Wildman–Crippen LogP) is 0.224. The molecule has 2 aliphatic carbocycles. The first kappa shape index (κ1) is 13.4. The quantitative estimate of drug-likeness (QED) is 0.774. The SMILES string of the molecule is CC(=O)N1CCC(C(=O)N[C@@H]2C[C@@]3(C(=O)O)C[C@@H]23)CC1. The van der Waals surface area contributed by atoms with Crippen LogP contribution in [0.15, 0.2) is 0 Å². The zero-order valence-corrected chi connectivity index (χ0v) is 11.6. The Morgan fingerprint density at radius 2 is 1.85 bits per heavy atom. The number of aliphatic carboxylic acids is 1. The van der Waals surface area contributed by atoms with Gasteiger partial charge in [0, 0.05) is 32.0 Å². The minimum absolute atomic E-state index is 0.0316. The number of amides is 2. The van der Waals surface area contributed by atoms with E-state index in [9.17, 15) is 14.4 Å². The summed E-state index contributed by atoms with van der Waals surface area (Å²) in [5.41, 5.74) is -0.518. The fourth-order valence-corrected chi connectivity index (χ4v) is 3.71. The molecule has 0 aromatic heterocycles. The summed E-state index contributed by atoms with van der Waals surface area (Å²) in [4.78, 5) is 36.2. The van der Waals surface area contributed by atoms with E-state index in [4.69, 9.17) is 5.11 Å². The smallest absolute Gasteiger partial charge is 0.310 e. The van der Waals surface area contributed by atoms with Crippen LogP contribution in [-0.4, -0.2) is 46.9 Å². The van der Waals surface area contributed by atoms with Crippen LogP contribution in [0.2, 0.25) is 0 Å². The van der Waals surface area contributed by atoms with E-state index in [1.54, 1.807) is 11.8 Å². The Bertz CT molecular complexity index is 470. The molecule has 1 aliphatic heterocycles. The molecule has 2 saturated carbocycles. The Morgan fingerprint density at radius 1 is 1.20 bits per heavy atom. The summed E-state index contributed by atoms with van der Waals surface area (Å²) in [6, 6.07) is 0.0458. The number of hydrogen-bond donors (Lipinski definition) is 2. The molecule has 6 nitrogen and oxygen atoms in total. The molecular weight excluding hydrogens is 260 g/mol. The van der Waals surface area contributed by atoms with Crippen LogP contribution in [0.5, 0.6) is 0 Å². The molecule has 20 heavy (non-hydrogen) atoms. The minimum Gasteiger partial charge on any atom is -0.481 e. The lowest BCUT2D eigenvalue weighted by atomic mass is 9.79. The van der Waals surface area contributed by atoms with Gasteiger partial charge < -0.3 is 15.3 Å². The third-order valence-corrected chi connectivity index (χ3v) is 5.27. The van der Waals surface area contributed by atoms with Crippen molar-refractivity contribution in [2.45, 2.75) is 38.6 Å². The number of carboxylic acid groups (broad SMARTS) is 1. The van der Waals surface area contributed by atoms with E-state index in [-0.39, 0.29) is 29.7 Å². The second-order valence-corrected chi connectivity index (χ2v) is 6.37. The molecule has 6 heteroatoms. The van der Waals surface area contributed by atoms with Gasteiger partial charge in [0.15, 0.2) is 0 Å². The van der Waals surface area contributed by atoms with E-state index in [1.165, 1.54) is 0 Å². The molecule has 1 saturated heterocycles. The van der Waals surface area contributed by atoms with E-state index in [1.807, 2.05) is 0 Å². The average Bonchev–Trinajstić information content (AvgIpc) is 3.02. The number of carbonyl (C=O) groups excluding carboxylic acids is 2. The molecule has 3 atom stereocenters. The second kappa shape index (κ2) is 4.46. The van der Waals surface area contributed by atoms with Gasteiger partial charge in [0.25, 0.3) is 0 Å². The summed E-state index contributed by atoms with van der Waals surface area (Å²) >= 11 is 0. The number of carboxylic acids is 1. The number of likely N-dealkylation sites (tertiary alicyclic amines) is 1. The van der Waals surface area contributed by atoms with Crippen molar-refractivity contribution < 1.29 is 19.5 Å². The summed E-state index contributed by atoms with van der Waals surface area (Å²) in [6.45, 7) is 2.83. The molecule has 0 bridgehead atoms. The van der Waals surface area contributed by atoms with Crippen molar-refractivity contribution >= 4 is 17.8 Å². The Balaban J connectivity index is 1.46. The lowest BCUT2D eigenvalue weighted by Crippen LogP contribution is -2.51. The lowest BCUT2D eigenvalue weighted by molar-refractivity contribution is -0.148. The van der Waals surface area contributed by atoms with Crippen molar-refractivity contribution in [1.29, 1.82) is 0 Å². The van der Waals surface area contributed by atoms with Crippen molar-refractivity contribution in [3.8, 4) is 0 Å². The summed E-state index contributed by atoms with van der Waals surface area (Å²) in [6.07, 6.45) is 2.68. The Kier molecular flexibility index (Phi) is 2.99. The number of hydrogen-bond acceptors (Lipinski definition) is 3. The van der Waals surface area contributed by atoms with E-state index in [0.717, 1.165) is 0 Å². The van der Waals surface area contributed by atoms with Crippen LogP contribution in [0, 0.1) is 17.3 Å². The maximum Gasteiger partial charge on any atom is 0.310 e. The van der Waals surface area contributed by atoms with Crippen molar-refractivity contribution in [3.63, 3.8) is 0 Å². The van der Waals surface area contributed by atoms with E-state index < -0.39 is 11.4 Å². The summed E-state index contributed by atoms with van der Waals surface area (Å²) in [5.74, 6) is -0.524. The van der Waals surface area contributed by atoms with E-state index in [0.29, 0.717) is 38.8 Å². The zero-order valence-electron chi connectivity index (χ0n) is 11.6. The monoisotopic (exact) mass is 280 g/mol. The first-order valence-electron chi connectivity index (χ1n) is 7.23. The van der Waals surface area contributed by atoms with Crippen LogP contribution in [0.3, 0.4) is 0 Å². The number of piperidine rings is 1. The molecule has 1 heterocycles. The van der Waals surface area contributed by atoms with Crippen LogP contribution in [-0.2, 0) is 14.4 Å².